The molecule has 0 aromatic heterocycles. The number of aliphatic carboxylic acids is 1. The summed E-state index contributed by atoms with van der Waals surface area (Å²) in [6.45, 7) is 2.93. The molecule has 0 unspecified atom stereocenters. The molecule has 0 spiro atoms. The number of likely N-dealkylation sites (N-methyl/N-ethyl adjacent to an activating group) is 1. The Kier molecular flexibility index (Phi) is 6.41. The van der Waals surface area contributed by atoms with Crippen LogP contribution in [0.3, 0.4) is 0 Å². The molecule has 0 saturated carbocycles. The fourth-order valence-corrected chi connectivity index (χ4v) is 2.02. The molecule has 0 radical (unpaired) electrons. The Morgan fingerprint density at radius 1 is 1.29 bits per heavy atom. The highest BCUT2D eigenvalue weighted by Gasteiger charge is 2.42. The summed E-state index contributed by atoms with van der Waals surface area (Å²) < 4.78 is 5.13. The van der Waals surface area contributed by atoms with Gasteiger partial charge in [-0.2, -0.15) is 0 Å². The Balaban J connectivity index is 2.57. The molecular formula is C13H23N3O5. The van der Waals surface area contributed by atoms with Gasteiger partial charge in [0.05, 0.1) is 0 Å². The van der Waals surface area contributed by atoms with Crippen molar-refractivity contribution in [3.05, 3.63) is 0 Å². The van der Waals surface area contributed by atoms with Crippen LogP contribution in [0.2, 0.25) is 0 Å². The van der Waals surface area contributed by atoms with Crippen LogP contribution in [0, 0.1) is 0 Å². The number of carboxylic acid groups (broad SMARTS) is 1. The fourth-order valence-electron chi connectivity index (χ4n) is 2.02. The van der Waals surface area contributed by atoms with Gasteiger partial charge in [0, 0.05) is 39.6 Å². The Morgan fingerprint density at radius 2 is 1.90 bits per heavy atom. The molecule has 1 rings (SSSR count). The molecule has 0 atom stereocenters. The molecule has 8 nitrogen and oxygen atoms in total. The first-order valence-corrected chi connectivity index (χ1v) is 7.02. The molecule has 0 aliphatic carbocycles. The van der Waals surface area contributed by atoms with Crippen molar-refractivity contribution in [1.29, 1.82) is 0 Å². The summed E-state index contributed by atoms with van der Waals surface area (Å²) in [6, 6.07) is -0.578. The maximum Gasteiger partial charge on any atom is 0.329 e. The van der Waals surface area contributed by atoms with Crippen LogP contribution < -0.4 is 10.6 Å². The van der Waals surface area contributed by atoms with Crippen molar-refractivity contribution >= 4 is 17.9 Å². The van der Waals surface area contributed by atoms with Crippen molar-refractivity contribution in [3.63, 3.8) is 0 Å². The molecule has 120 valence electrons. The summed E-state index contributed by atoms with van der Waals surface area (Å²) in [5, 5.41) is 14.5. The number of nitrogens with zero attached hydrogens (tertiary/aromatic N) is 1. The minimum atomic E-state index is -1.32. The average Bonchev–Trinajstić information content (AvgIpc) is 2.45. The third kappa shape index (κ3) is 4.89. The Hall–Kier alpha value is -1.83. The zero-order valence-corrected chi connectivity index (χ0v) is 12.5. The molecule has 8 heteroatoms. The van der Waals surface area contributed by atoms with E-state index >= 15 is 0 Å². The van der Waals surface area contributed by atoms with Crippen molar-refractivity contribution in [3.8, 4) is 0 Å². The van der Waals surface area contributed by atoms with Gasteiger partial charge in [-0.25, -0.2) is 9.59 Å². The van der Waals surface area contributed by atoms with Gasteiger partial charge in [0.2, 0.25) is 5.91 Å². The SMILES string of the molecule is CCCNC(=O)CN(C)C(=O)NC1(C(=O)O)CCOCC1. The number of amides is 3. The van der Waals surface area contributed by atoms with E-state index in [9.17, 15) is 19.5 Å². The van der Waals surface area contributed by atoms with E-state index in [0.717, 1.165) is 6.42 Å². The van der Waals surface area contributed by atoms with Crippen molar-refractivity contribution in [2.24, 2.45) is 0 Å². The lowest BCUT2D eigenvalue weighted by Gasteiger charge is -2.35. The molecule has 0 aromatic rings. The number of nitrogens with one attached hydrogen (secondary N) is 2. The summed E-state index contributed by atoms with van der Waals surface area (Å²) >= 11 is 0. The highest BCUT2D eigenvalue weighted by Crippen LogP contribution is 2.21. The van der Waals surface area contributed by atoms with E-state index in [4.69, 9.17) is 4.74 Å². The van der Waals surface area contributed by atoms with E-state index in [0.29, 0.717) is 6.54 Å². The molecule has 21 heavy (non-hydrogen) atoms. The fraction of sp³-hybridized carbons (Fsp3) is 0.769. The number of hydrogen-bond acceptors (Lipinski definition) is 4. The van der Waals surface area contributed by atoms with Crippen LogP contribution in [0.25, 0.3) is 0 Å². The number of carbonyl (C=O) groups is 3. The standard InChI is InChI=1S/C13H23N3O5/c1-3-6-14-10(17)9-16(2)12(20)15-13(11(18)19)4-7-21-8-5-13/h3-9H2,1-2H3,(H,14,17)(H,15,20)(H,18,19). The normalized spacial score (nSPS) is 16.9. The number of hydrogen-bond donors (Lipinski definition) is 3. The van der Waals surface area contributed by atoms with Gasteiger partial charge in [-0.15, -0.1) is 0 Å². The predicted molar refractivity (Wildman–Crippen MR) is 74.9 cm³/mol. The number of carbonyl (C=O) groups excluding carboxylic acids is 2. The van der Waals surface area contributed by atoms with Crippen LogP contribution in [0.4, 0.5) is 4.79 Å². The summed E-state index contributed by atoms with van der Waals surface area (Å²) in [5.74, 6) is -1.35. The monoisotopic (exact) mass is 301 g/mol. The maximum atomic E-state index is 12.1. The molecule has 1 aliphatic heterocycles. The van der Waals surface area contributed by atoms with Crippen LogP contribution in [0.5, 0.6) is 0 Å². The average molecular weight is 301 g/mol. The van der Waals surface area contributed by atoms with Crippen molar-refractivity contribution in [2.45, 2.75) is 31.7 Å². The van der Waals surface area contributed by atoms with Gasteiger partial charge in [0.15, 0.2) is 0 Å². The van der Waals surface area contributed by atoms with Crippen LogP contribution in [-0.2, 0) is 14.3 Å². The summed E-state index contributed by atoms with van der Waals surface area (Å²) in [6.07, 6.45) is 1.23. The molecule has 3 N–H and O–H groups in total. The van der Waals surface area contributed by atoms with Crippen molar-refractivity contribution in [2.75, 3.05) is 33.4 Å². The van der Waals surface area contributed by atoms with E-state index in [1.807, 2.05) is 6.92 Å². The topological polar surface area (TPSA) is 108 Å². The van der Waals surface area contributed by atoms with E-state index < -0.39 is 17.5 Å². The quantitative estimate of drug-likeness (QED) is 0.629. The van der Waals surface area contributed by atoms with E-state index in [1.54, 1.807) is 0 Å². The number of rotatable bonds is 6. The van der Waals surface area contributed by atoms with E-state index in [-0.39, 0.29) is 38.5 Å². The number of urea groups is 1. The third-order valence-corrected chi connectivity index (χ3v) is 3.40. The third-order valence-electron chi connectivity index (χ3n) is 3.40. The van der Waals surface area contributed by atoms with Gasteiger partial charge in [-0.05, 0) is 6.42 Å². The van der Waals surface area contributed by atoms with Gasteiger partial charge in [-0.1, -0.05) is 6.92 Å². The number of ether oxygens (including phenoxy) is 1. The van der Waals surface area contributed by atoms with Gasteiger partial charge in [-0.3, -0.25) is 4.79 Å². The maximum absolute atomic E-state index is 12.1. The minimum absolute atomic E-state index is 0.113. The lowest BCUT2D eigenvalue weighted by Crippen LogP contribution is -2.60. The molecule has 3 amide bonds. The molecule has 1 fully saturated rings. The Bertz CT molecular complexity index is 393. The van der Waals surface area contributed by atoms with Gasteiger partial charge in [0.1, 0.15) is 12.1 Å². The van der Waals surface area contributed by atoms with Crippen LogP contribution in [0.15, 0.2) is 0 Å². The molecule has 0 aromatic carbocycles. The summed E-state index contributed by atoms with van der Waals surface area (Å²) in [7, 11) is 1.45. The zero-order chi connectivity index (χ0) is 15.9. The molecular weight excluding hydrogens is 278 g/mol. The van der Waals surface area contributed by atoms with Crippen molar-refractivity contribution < 1.29 is 24.2 Å². The first-order chi connectivity index (χ1) is 9.91. The largest absolute Gasteiger partial charge is 0.480 e. The Morgan fingerprint density at radius 3 is 2.43 bits per heavy atom. The zero-order valence-electron chi connectivity index (χ0n) is 12.5. The summed E-state index contributed by atoms with van der Waals surface area (Å²) in [4.78, 5) is 36.2. The smallest absolute Gasteiger partial charge is 0.329 e. The molecule has 0 bridgehead atoms. The molecule has 1 aliphatic rings. The lowest BCUT2D eigenvalue weighted by atomic mass is 9.90. The molecule has 1 saturated heterocycles. The van der Waals surface area contributed by atoms with Gasteiger partial charge >= 0.3 is 12.0 Å². The van der Waals surface area contributed by atoms with Gasteiger partial charge in [0.25, 0.3) is 0 Å². The predicted octanol–water partition coefficient (Wildman–Crippen LogP) is -0.212. The second-order valence-corrected chi connectivity index (χ2v) is 5.14. The second-order valence-electron chi connectivity index (χ2n) is 5.14. The van der Waals surface area contributed by atoms with Crippen molar-refractivity contribution in [1.82, 2.24) is 15.5 Å². The van der Waals surface area contributed by atoms with E-state index in [2.05, 4.69) is 10.6 Å². The lowest BCUT2D eigenvalue weighted by molar-refractivity contribution is -0.148. The first-order valence-electron chi connectivity index (χ1n) is 7.02. The molecule has 1 heterocycles. The van der Waals surface area contributed by atoms with Gasteiger partial charge < -0.3 is 25.4 Å². The van der Waals surface area contributed by atoms with E-state index in [1.165, 1.54) is 11.9 Å². The number of carboxylic acids is 1. The van der Waals surface area contributed by atoms with Crippen LogP contribution >= 0.6 is 0 Å². The van der Waals surface area contributed by atoms with Crippen LogP contribution in [0.1, 0.15) is 26.2 Å². The second kappa shape index (κ2) is 7.82. The first kappa shape index (κ1) is 17.2. The highest BCUT2D eigenvalue weighted by molar-refractivity contribution is 5.88. The van der Waals surface area contributed by atoms with Crippen LogP contribution in [-0.4, -0.2) is 66.8 Å². The Labute approximate surface area is 123 Å². The highest BCUT2D eigenvalue weighted by atomic mass is 16.5. The minimum Gasteiger partial charge on any atom is -0.480 e. The summed E-state index contributed by atoms with van der Waals surface area (Å²) in [5.41, 5.74) is -1.32.